The lowest BCUT2D eigenvalue weighted by Gasteiger charge is -2.05. The van der Waals surface area contributed by atoms with E-state index in [1.807, 2.05) is 0 Å². The molecule has 1 aromatic heterocycles. The van der Waals surface area contributed by atoms with Gasteiger partial charge in [0.15, 0.2) is 18.1 Å². The maximum Gasteiger partial charge on any atom is 0.301 e. The molecule has 10 heteroatoms. The van der Waals surface area contributed by atoms with Gasteiger partial charge < -0.3 is 5.21 Å². The first-order chi connectivity index (χ1) is 9.63. The van der Waals surface area contributed by atoms with Gasteiger partial charge in [-0.05, 0) is 13.8 Å². The lowest BCUT2D eigenvalue weighted by molar-refractivity contribution is -0.486. The molecular formula is C11H13F3N2O3S2. The van der Waals surface area contributed by atoms with Gasteiger partial charge in [-0.25, -0.2) is 22.5 Å². The maximum absolute atomic E-state index is 12.6. The van der Waals surface area contributed by atoms with Crippen molar-refractivity contribution in [2.75, 3.05) is 5.75 Å². The molecule has 0 unspecified atom stereocenters. The zero-order chi connectivity index (χ0) is 16.2. The maximum atomic E-state index is 12.6. The molecule has 0 saturated carbocycles. The average molecular weight is 342 g/mol. The van der Waals surface area contributed by atoms with Gasteiger partial charge in [0, 0.05) is 6.42 Å². The monoisotopic (exact) mass is 342 g/mol. The van der Waals surface area contributed by atoms with Crippen LogP contribution in [0.1, 0.15) is 25.1 Å². The fourth-order valence-electron chi connectivity index (χ4n) is 1.15. The molecule has 21 heavy (non-hydrogen) atoms. The Morgan fingerprint density at radius 1 is 1.48 bits per heavy atom. The summed E-state index contributed by atoms with van der Waals surface area (Å²) < 4.78 is 60.3. The molecule has 0 amide bonds. The van der Waals surface area contributed by atoms with Gasteiger partial charge in [0.25, 0.3) is 0 Å². The van der Waals surface area contributed by atoms with E-state index >= 15 is 0 Å². The highest BCUT2D eigenvalue weighted by Gasteiger charge is 2.21. The van der Waals surface area contributed by atoms with Gasteiger partial charge in [-0.15, -0.1) is 0 Å². The molecule has 0 aliphatic carbocycles. The number of hydrogen-bond donors (Lipinski definition) is 0. The lowest BCUT2D eigenvalue weighted by atomic mass is 10.4. The van der Waals surface area contributed by atoms with Gasteiger partial charge in [-0.1, -0.05) is 11.3 Å². The van der Waals surface area contributed by atoms with Gasteiger partial charge in [0.05, 0.1) is 11.9 Å². The lowest BCUT2D eigenvalue weighted by Crippen LogP contribution is -2.14. The Balaban J connectivity index is 2.89. The molecule has 0 aliphatic heterocycles. The molecule has 1 rings (SSSR count). The van der Waals surface area contributed by atoms with Crippen LogP contribution < -0.4 is 0 Å². The van der Waals surface area contributed by atoms with Crippen molar-refractivity contribution >= 4 is 27.4 Å². The number of halogens is 3. The van der Waals surface area contributed by atoms with Gasteiger partial charge in [0.2, 0.25) is 14.2 Å². The van der Waals surface area contributed by atoms with Crippen LogP contribution in [0.3, 0.4) is 0 Å². The van der Waals surface area contributed by atoms with Crippen LogP contribution in [0.2, 0.25) is 0 Å². The molecule has 0 N–H and O–H groups in total. The van der Waals surface area contributed by atoms with Crippen molar-refractivity contribution in [2.45, 2.75) is 30.6 Å². The van der Waals surface area contributed by atoms with Crippen LogP contribution in [-0.2, 0) is 9.84 Å². The third kappa shape index (κ3) is 5.12. The van der Waals surface area contributed by atoms with Crippen LogP contribution >= 0.6 is 11.3 Å². The van der Waals surface area contributed by atoms with Crippen molar-refractivity contribution < 1.29 is 26.3 Å². The largest absolute Gasteiger partial charge is 0.624 e. The number of thiazole rings is 1. The Morgan fingerprint density at radius 2 is 2.10 bits per heavy atom. The summed E-state index contributed by atoms with van der Waals surface area (Å²) in [5.41, 5.74) is 0. The Hall–Kier alpha value is -1.42. The standard InChI is InChI=1S/C11H13F3N2O3S2/c1-7(2)16(17)6-8-5-15-11(20-8)21(18,19)4-3-9(12)10(13)14/h5-7H,3-4H2,1-2H3/b16-6-. The number of rotatable bonds is 6. The van der Waals surface area contributed by atoms with Crippen LogP contribution in [0.5, 0.6) is 0 Å². The first-order valence-electron chi connectivity index (χ1n) is 5.82. The van der Waals surface area contributed by atoms with Gasteiger partial charge >= 0.3 is 6.08 Å². The van der Waals surface area contributed by atoms with E-state index < -0.39 is 33.9 Å². The van der Waals surface area contributed by atoms with Crippen LogP contribution in [0.15, 0.2) is 22.4 Å². The first kappa shape index (κ1) is 17.6. The van der Waals surface area contributed by atoms with Gasteiger partial charge in [-0.3, -0.25) is 0 Å². The highest BCUT2D eigenvalue weighted by molar-refractivity contribution is 7.93. The number of hydroxylamine groups is 1. The van der Waals surface area contributed by atoms with E-state index in [1.165, 1.54) is 12.4 Å². The number of hydrogen-bond acceptors (Lipinski definition) is 5. The molecule has 0 aliphatic rings. The van der Waals surface area contributed by atoms with Crippen molar-refractivity contribution in [1.82, 2.24) is 4.98 Å². The second kappa shape index (κ2) is 7.03. The Bertz CT molecular complexity index is 662. The minimum absolute atomic E-state index is 0.310. The minimum Gasteiger partial charge on any atom is -0.624 e. The average Bonchev–Trinajstić information content (AvgIpc) is 2.85. The second-order valence-corrected chi connectivity index (χ2v) is 7.69. The molecule has 0 atom stereocenters. The molecule has 118 valence electrons. The number of aromatic nitrogens is 1. The minimum atomic E-state index is -3.96. The summed E-state index contributed by atoms with van der Waals surface area (Å²) >= 11 is 0.723. The Labute approximate surface area is 123 Å². The number of allylic oxidation sites excluding steroid dienone is 1. The van der Waals surface area contributed by atoms with Crippen LogP contribution in [-0.4, -0.2) is 36.1 Å². The first-order valence-corrected chi connectivity index (χ1v) is 8.29. The topological polar surface area (TPSA) is 73.1 Å². The normalized spacial score (nSPS) is 12.8. The number of nitrogens with zero attached hydrogens (tertiary/aromatic N) is 2. The molecule has 0 radical (unpaired) electrons. The van der Waals surface area contributed by atoms with Crippen molar-refractivity contribution in [3.05, 3.63) is 28.2 Å². The van der Waals surface area contributed by atoms with E-state index in [0.717, 1.165) is 11.3 Å². The summed E-state index contributed by atoms with van der Waals surface area (Å²) in [6.45, 7) is 3.31. The van der Waals surface area contributed by atoms with E-state index in [-0.39, 0.29) is 10.4 Å². The van der Waals surface area contributed by atoms with E-state index in [4.69, 9.17) is 0 Å². The zero-order valence-electron chi connectivity index (χ0n) is 11.2. The van der Waals surface area contributed by atoms with E-state index in [9.17, 15) is 26.8 Å². The van der Waals surface area contributed by atoms with Crippen molar-refractivity contribution in [3.8, 4) is 0 Å². The summed E-state index contributed by atoms with van der Waals surface area (Å²) in [6, 6.07) is -0.320. The third-order valence-electron chi connectivity index (χ3n) is 2.33. The quantitative estimate of drug-likeness (QED) is 0.345. The SMILES string of the molecule is CC(C)/[N+]([O-])=C/c1cnc(S(=O)(=O)CCC(F)=C(F)F)s1. The summed E-state index contributed by atoms with van der Waals surface area (Å²) in [4.78, 5) is 3.94. The van der Waals surface area contributed by atoms with Crippen molar-refractivity contribution in [2.24, 2.45) is 0 Å². The van der Waals surface area contributed by atoms with E-state index in [0.29, 0.717) is 9.62 Å². The zero-order valence-corrected chi connectivity index (χ0v) is 12.8. The summed E-state index contributed by atoms with van der Waals surface area (Å²) in [5, 5.41) is 11.4. The molecule has 0 saturated heterocycles. The molecular weight excluding hydrogens is 329 g/mol. The van der Waals surface area contributed by atoms with Crippen LogP contribution in [0, 0.1) is 5.21 Å². The second-order valence-electron chi connectivity index (χ2n) is 4.35. The highest BCUT2D eigenvalue weighted by Crippen LogP contribution is 2.21. The molecule has 1 aromatic rings. The molecule has 5 nitrogen and oxygen atoms in total. The Kier molecular flexibility index (Phi) is 5.90. The fraction of sp³-hybridized carbons (Fsp3) is 0.455. The Morgan fingerprint density at radius 3 is 2.62 bits per heavy atom. The van der Waals surface area contributed by atoms with E-state index in [2.05, 4.69) is 4.98 Å². The summed E-state index contributed by atoms with van der Waals surface area (Å²) in [7, 11) is -3.96. The number of sulfone groups is 1. The molecule has 1 heterocycles. The van der Waals surface area contributed by atoms with Gasteiger partial charge in [0.1, 0.15) is 4.88 Å². The molecule has 0 aromatic carbocycles. The predicted molar refractivity (Wildman–Crippen MR) is 73.1 cm³/mol. The molecule has 0 fully saturated rings. The fourth-order valence-corrected chi connectivity index (χ4v) is 3.61. The van der Waals surface area contributed by atoms with Gasteiger partial charge in [-0.2, -0.15) is 8.78 Å². The van der Waals surface area contributed by atoms with Crippen LogP contribution in [0.25, 0.3) is 0 Å². The third-order valence-corrected chi connectivity index (χ3v) is 5.44. The van der Waals surface area contributed by atoms with Crippen molar-refractivity contribution in [1.29, 1.82) is 0 Å². The molecule has 0 spiro atoms. The predicted octanol–water partition coefficient (Wildman–Crippen LogP) is 2.72. The highest BCUT2D eigenvalue weighted by atomic mass is 32.2. The van der Waals surface area contributed by atoms with E-state index in [1.54, 1.807) is 13.8 Å². The van der Waals surface area contributed by atoms with Crippen molar-refractivity contribution in [3.63, 3.8) is 0 Å². The van der Waals surface area contributed by atoms with Crippen LogP contribution in [0.4, 0.5) is 13.2 Å². The molecule has 0 bridgehead atoms. The summed E-state index contributed by atoms with van der Waals surface area (Å²) in [5.74, 6) is -2.57. The smallest absolute Gasteiger partial charge is 0.301 e. The summed E-state index contributed by atoms with van der Waals surface area (Å²) in [6.07, 6.45) is -1.07.